The van der Waals surface area contributed by atoms with Gasteiger partial charge in [-0.05, 0) is 44.9 Å². The van der Waals surface area contributed by atoms with Crippen LogP contribution >= 0.6 is 0 Å². The van der Waals surface area contributed by atoms with E-state index in [2.05, 4.69) is 49.6 Å². The van der Waals surface area contributed by atoms with Gasteiger partial charge in [-0.3, -0.25) is 4.79 Å². The summed E-state index contributed by atoms with van der Waals surface area (Å²) in [6.45, 7) is 8.26. The molecule has 0 N–H and O–H groups in total. The Labute approximate surface area is 108 Å². The lowest BCUT2D eigenvalue weighted by Gasteiger charge is -2.10. The molecular formula is C16H19NO. The van der Waals surface area contributed by atoms with Crippen LogP contribution in [0, 0.1) is 20.8 Å². The van der Waals surface area contributed by atoms with Crippen molar-refractivity contribution in [1.29, 1.82) is 0 Å². The molecule has 2 rings (SSSR count). The maximum Gasteiger partial charge on any atom is 0.152 e. The second-order valence-corrected chi connectivity index (χ2v) is 4.71. The zero-order chi connectivity index (χ0) is 13.3. The Morgan fingerprint density at radius 3 is 2.11 bits per heavy atom. The molecule has 0 saturated carbocycles. The van der Waals surface area contributed by atoms with Crippen LogP contribution in [0.4, 0.5) is 0 Å². The zero-order valence-corrected chi connectivity index (χ0v) is 11.4. The first-order valence-electron chi connectivity index (χ1n) is 6.33. The van der Waals surface area contributed by atoms with Gasteiger partial charge in [0.25, 0.3) is 0 Å². The predicted molar refractivity (Wildman–Crippen MR) is 74.7 cm³/mol. The number of rotatable bonds is 3. The van der Waals surface area contributed by atoms with Gasteiger partial charge in [-0.1, -0.05) is 24.6 Å². The third kappa shape index (κ3) is 1.88. The average Bonchev–Trinajstić information content (AvgIpc) is 2.61. The first-order chi connectivity index (χ1) is 8.60. The fourth-order valence-corrected chi connectivity index (χ4v) is 2.60. The van der Waals surface area contributed by atoms with Crippen LogP contribution in [0.1, 0.15) is 39.8 Å². The van der Waals surface area contributed by atoms with E-state index in [1.165, 1.54) is 11.3 Å². The number of hydrogen-bond acceptors (Lipinski definition) is 1. The molecular weight excluding hydrogens is 222 g/mol. The van der Waals surface area contributed by atoms with E-state index in [9.17, 15) is 4.79 Å². The van der Waals surface area contributed by atoms with Gasteiger partial charge in [0.05, 0.1) is 0 Å². The molecule has 2 aromatic rings. The quantitative estimate of drug-likeness (QED) is 0.750. The molecule has 0 aliphatic heterocycles. The summed E-state index contributed by atoms with van der Waals surface area (Å²) in [6, 6.07) is 8.40. The van der Waals surface area contributed by atoms with Crippen LogP contribution in [0.15, 0.2) is 24.3 Å². The topological polar surface area (TPSA) is 22.0 Å². The highest BCUT2D eigenvalue weighted by Crippen LogP contribution is 2.25. The van der Waals surface area contributed by atoms with Crippen molar-refractivity contribution in [3.05, 3.63) is 52.3 Å². The molecule has 0 atom stereocenters. The molecule has 0 fully saturated rings. The highest BCUT2D eigenvalue weighted by atomic mass is 16.1. The molecule has 0 aliphatic rings. The number of aldehydes is 1. The summed E-state index contributed by atoms with van der Waals surface area (Å²) in [7, 11) is 0. The van der Waals surface area contributed by atoms with E-state index >= 15 is 0 Å². The number of carbonyl (C=O) groups excluding carboxylic acids is 1. The minimum absolute atomic E-state index is 0.843. The number of nitrogens with zero attached hydrogens (tertiary/aromatic N) is 1. The lowest BCUT2D eigenvalue weighted by molar-refractivity contribution is 0.112. The van der Waals surface area contributed by atoms with Gasteiger partial charge in [0.2, 0.25) is 0 Å². The number of carbonyl (C=O) groups is 1. The normalized spacial score (nSPS) is 10.7. The van der Waals surface area contributed by atoms with E-state index in [1.807, 2.05) is 6.92 Å². The van der Waals surface area contributed by atoms with E-state index < -0.39 is 0 Å². The monoisotopic (exact) mass is 241 g/mol. The van der Waals surface area contributed by atoms with Gasteiger partial charge in [-0.2, -0.15) is 0 Å². The molecule has 0 saturated heterocycles. The lowest BCUT2D eigenvalue weighted by Crippen LogP contribution is -1.99. The van der Waals surface area contributed by atoms with E-state index in [1.54, 1.807) is 0 Å². The fraction of sp³-hybridized carbons (Fsp3) is 0.312. The van der Waals surface area contributed by atoms with E-state index in [0.717, 1.165) is 35.2 Å². The van der Waals surface area contributed by atoms with E-state index in [-0.39, 0.29) is 0 Å². The maximum atomic E-state index is 11.2. The smallest absolute Gasteiger partial charge is 0.152 e. The van der Waals surface area contributed by atoms with Crippen LogP contribution in [0.25, 0.3) is 5.69 Å². The first kappa shape index (κ1) is 12.6. The molecule has 94 valence electrons. The number of aryl methyl sites for hydroxylation is 1. The number of aromatic nitrogens is 1. The molecule has 0 amide bonds. The molecule has 1 aromatic carbocycles. The minimum Gasteiger partial charge on any atom is -0.317 e. The van der Waals surface area contributed by atoms with Gasteiger partial charge in [-0.25, -0.2) is 0 Å². The van der Waals surface area contributed by atoms with Gasteiger partial charge < -0.3 is 4.57 Å². The minimum atomic E-state index is 0.843. The van der Waals surface area contributed by atoms with Gasteiger partial charge >= 0.3 is 0 Å². The summed E-state index contributed by atoms with van der Waals surface area (Å²) >= 11 is 0. The van der Waals surface area contributed by atoms with E-state index in [0.29, 0.717) is 0 Å². The van der Waals surface area contributed by atoms with Gasteiger partial charge in [0.15, 0.2) is 6.29 Å². The third-order valence-electron chi connectivity index (χ3n) is 3.59. The van der Waals surface area contributed by atoms with Crippen LogP contribution < -0.4 is 0 Å². The Morgan fingerprint density at radius 2 is 1.67 bits per heavy atom. The summed E-state index contributed by atoms with van der Waals surface area (Å²) in [5, 5.41) is 0. The van der Waals surface area contributed by atoms with Crippen molar-refractivity contribution in [3.63, 3.8) is 0 Å². The van der Waals surface area contributed by atoms with Crippen molar-refractivity contribution in [2.45, 2.75) is 34.1 Å². The highest BCUT2D eigenvalue weighted by Gasteiger charge is 2.16. The standard InChI is InChI=1S/C16H19NO/c1-5-15-12(3)17(13(4)16(15)10-18)14-8-6-11(2)7-9-14/h6-10H,5H2,1-4H3. The molecule has 18 heavy (non-hydrogen) atoms. The van der Waals surface area contributed by atoms with Crippen LogP contribution in [-0.4, -0.2) is 10.9 Å². The van der Waals surface area contributed by atoms with Crippen molar-refractivity contribution >= 4 is 6.29 Å². The maximum absolute atomic E-state index is 11.2. The van der Waals surface area contributed by atoms with Gasteiger partial charge in [0, 0.05) is 22.6 Å². The van der Waals surface area contributed by atoms with Gasteiger partial charge in [0.1, 0.15) is 0 Å². The van der Waals surface area contributed by atoms with Crippen molar-refractivity contribution in [3.8, 4) is 5.69 Å². The number of hydrogen-bond donors (Lipinski definition) is 0. The Bertz CT molecular complexity index is 576. The van der Waals surface area contributed by atoms with Crippen molar-refractivity contribution in [2.24, 2.45) is 0 Å². The summed E-state index contributed by atoms with van der Waals surface area (Å²) in [5.41, 5.74) is 6.56. The van der Waals surface area contributed by atoms with Crippen molar-refractivity contribution in [1.82, 2.24) is 4.57 Å². The summed E-state index contributed by atoms with van der Waals surface area (Å²) in [6.07, 6.45) is 1.87. The Hall–Kier alpha value is -1.83. The predicted octanol–water partition coefficient (Wildman–Crippen LogP) is 3.78. The number of benzene rings is 1. The second kappa shape index (κ2) is 4.81. The summed E-state index contributed by atoms with van der Waals surface area (Å²) in [4.78, 5) is 11.2. The zero-order valence-electron chi connectivity index (χ0n) is 11.4. The van der Waals surface area contributed by atoms with Crippen molar-refractivity contribution < 1.29 is 4.79 Å². The van der Waals surface area contributed by atoms with Crippen LogP contribution in [0.3, 0.4) is 0 Å². The van der Waals surface area contributed by atoms with Gasteiger partial charge in [-0.15, -0.1) is 0 Å². The highest BCUT2D eigenvalue weighted by molar-refractivity contribution is 5.80. The Morgan fingerprint density at radius 1 is 1.06 bits per heavy atom. The Kier molecular flexibility index (Phi) is 3.37. The molecule has 2 nitrogen and oxygen atoms in total. The average molecular weight is 241 g/mol. The molecule has 0 spiro atoms. The summed E-state index contributed by atoms with van der Waals surface area (Å²) in [5.74, 6) is 0. The Balaban J connectivity index is 2.68. The molecule has 1 aromatic heterocycles. The molecule has 1 heterocycles. The fourth-order valence-electron chi connectivity index (χ4n) is 2.60. The van der Waals surface area contributed by atoms with Crippen LogP contribution in [-0.2, 0) is 6.42 Å². The molecule has 0 aliphatic carbocycles. The molecule has 2 heteroatoms. The summed E-state index contributed by atoms with van der Waals surface area (Å²) < 4.78 is 2.17. The largest absolute Gasteiger partial charge is 0.317 e. The van der Waals surface area contributed by atoms with Crippen LogP contribution in [0.2, 0.25) is 0 Å². The van der Waals surface area contributed by atoms with Crippen LogP contribution in [0.5, 0.6) is 0 Å². The third-order valence-corrected chi connectivity index (χ3v) is 3.59. The molecule has 0 bridgehead atoms. The molecule has 0 unspecified atom stereocenters. The SMILES string of the molecule is CCc1c(C=O)c(C)n(-c2ccc(C)cc2)c1C. The molecule has 0 radical (unpaired) electrons. The lowest BCUT2D eigenvalue weighted by atomic mass is 10.1. The van der Waals surface area contributed by atoms with E-state index in [4.69, 9.17) is 0 Å². The second-order valence-electron chi connectivity index (χ2n) is 4.71. The van der Waals surface area contributed by atoms with Crippen molar-refractivity contribution in [2.75, 3.05) is 0 Å². The first-order valence-corrected chi connectivity index (χ1v) is 6.33.